The van der Waals surface area contributed by atoms with Crippen LogP contribution in [0.25, 0.3) is 0 Å². The molecule has 39 heavy (non-hydrogen) atoms. The largest absolute Gasteiger partial charge is 0.345 e. The van der Waals surface area contributed by atoms with Crippen molar-refractivity contribution >= 4 is 44.8 Å². The normalized spacial score (nSPS) is 11.9. The van der Waals surface area contributed by atoms with Crippen LogP contribution in [-0.4, -0.2) is 20.2 Å². The van der Waals surface area contributed by atoms with Crippen molar-refractivity contribution in [3.63, 3.8) is 0 Å². The van der Waals surface area contributed by atoms with Crippen molar-refractivity contribution < 1.29 is 18.0 Å². The molecular weight excluding hydrogens is 534 g/mol. The van der Waals surface area contributed by atoms with E-state index in [2.05, 4.69) is 15.4 Å². The zero-order chi connectivity index (χ0) is 28.2. The third-order valence-electron chi connectivity index (χ3n) is 6.19. The topological polar surface area (TPSA) is 104 Å². The van der Waals surface area contributed by atoms with Crippen LogP contribution in [0.2, 0.25) is 5.02 Å². The minimum Gasteiger partial charge on any atom is -0.345 e. The van der Waals surface area contributed by atoms with E-state index in [1.807, 2.05) is 56.3 Å². The summed E-state index contributed by atoms with van der Waals surface area (Å²) in [6.07, 6.45) is 0. The summed E-state index contributed by atoms with van der Waals surface area (Å²) in [6, 6.07) is 25.3. The number of aryl methyl sites for hydroxylation is 2. The maximum Gasteiger partial charge on any atom is 0.263 e. The van der Waals surface area contributed by atoms with Crippen molar-refractivity contribution in [2.24, 2.45) is 0 Å². The van der Waals surface area contributed by atoms with Gasteiger partial charge >= 0.3 is 0 Å². The zero-order valence-corrected chi connectivity index (χ0v) is 23.2. The van der Waals surface area contributed by atoms with Gasteiger partial charge in [0.05, 0.1) is 28.0 Å². The average Bonchev–Trinajstić information content (AvgIpc) is 2.91. The molecule has 2 amide bonds. The molecule has 4 aromatic rings. The Morgan fingerprint density at radius 3 is 2.23 bits per heavy atom. The molecule has 0 unspecified atom stereocenters. The summed E-state index contributed by atoms with van der Waals surface area (Å²) >= 11 is 6.24. The van der Waals surface area contributed by atoms with E-state index in [-0.39, 0.29) is 38.7 Å². The molecule has 0 aromatic heterocycles. The van der Waals surface area contributed by atoms with Gasteiger partial charge in [-0.1, -0.05) is 66.2 Å². The number of carbonyl (C=O) groups excluding carboxylic acids is 2. The molecule has 0 saturated carbocycles. The highest BCUT2D eigenvalue weighted by atomic mass is 35.5. The van der Waals surface area contributed by atoms with Gasteiger partial charge in [-0.15, -0.1) is 0 Å². The van der Waals surface area contributed by atoms with Gasteiger partial charge in [0.25, 0.3) is 21.8 Å². The fourth-order valence-electron chi connectivity index (χ4n) is 3.98. The summed E-state index contributed by atoms with van der Waals surface area (Å²) in [4.78, 5) is 26.0. The average molecular weight is 562 g/mol. The summed E-state index contributed by atoms with van der Waals surface area (Å²) in [6.45, 7) is 5.52. The van der Waals surface area contributed by atoms with E-state index in [9.17, 15) is 18.0 Å². The summed E-state index contributed by atoms with van der Waals surface area (Å²) in [5, 5.41) is 5.64. The van der Waals surface area contributed by atoms with Crippen molar-refractivity contribution in [2.45, 2.75) is 31.7 Å². The number of hydrogen-bond donors (Lipinski definition) is 3. The second-order valence-corrected chi connectivity index (χ2v) is 11.2. The van der Waals surface area contributed by atoms with E-state index in [0.717, 1.165) is 16.7 Å². The van der Waals surface area contributed by atoms with Gasteiger partial charge in [0.1, 0.15) is 4.90 Å². The Kier molecular flexibility index (Phi) is 8.38. The first-order chi connectivity index (χ1) is 18.5. The van der Waals surface area contributed by atoms with Crippen LogP contribution >= 0.6 is 11.6 Å². The molecular formula is C30H28ClN3O4S. The van der Waals surface area contributed by atoms with E-state index in [1.54, 1.807) is 37.3 Å². The number of rotatable bonds is 8. The quantitative estimate of drug-likeness (QED) is 0.228. The Morgan fingerprint density at radius 1 is 0.795 bits per heavy atom. The summed E-state index contributed by atoms with van der Waals surface area (Å²) in [5.41, 5.74) is 3.61. The lowest BCUT2D eigenvalue weighted by atomic mass is 10.1. The van der Waals surface area contributed by atoms with Gasteiger partial charge in [-0.05, 0) is 73.9 Å². The lowest BCUT2D eigenvalue weighted by Crippen LogP contribution is -2.28. The number of amides is 2. The number of hydrogen-bond acceptors (Lipinski definition) is 4. The molecule has 0 aliphatic rings. The molecule has 0 saturated heterocycles. The van der Waals surface area contributed by atoms with Crippen molar-refractivity contribution in [3.05, 3.63) is 124 Å². The number of carbonyl (C=O) groups is 2. The molecule has 0 radical (unpaired) electrons. The number of nitrogens with one attached hydrogen (secondary N) is 3. The predicted octanol–water partition coefficient (Wildman–Crippen LogP) is 6.50. The van der Waals surface area contributed by atoms with Crippen LogP contribution in [-0.2, 0) is 10.0 Å². The zero-order valence-electron chi connectivity index (χ0n) is 21.7. The third-order valence-corrected chi connectivity index (χ3v) is 8.03. The maximum atomic E-state index is 13.2. The van der Waals surface area contributed by atoms with Gasteiger partial charge in [0.2, 0.25) is 0 Å². The number of benzene rings is 4. The monoisotopic (exact) mass is 561 g/mol. The molecule has 7 nitrogen and oxygen atoms in total. The molecule has 0 aliphatic heterocycles. The Bertz CT molecular complexity index is 1640. The van der Waals surface area contributed by atoms with E-state index in [1.165, 1.54) is 18.2 Å². The number of sulfonamides is 1. The second kappa shape index (κ2) is 11.7. The van der Waals surface area contributed by atoms with Gasteiger partial charge in [0, 0.05) is 5.56 Å². The Balaban J connectivity index is 1.56. The number of para-hydroxylation sites is 1. The van der Waals surface area contributed by atoms with Crippen LogP contribution < -0.4 is 15.4 Å². The fourth-order valence-corrected chi connectivity index (χ4v) is 5.63. The molecule has 0 heterocycles. The molecule has 0 spiro atoms. The standard InChI is InChI=1S/C30H28ClN3O4S/c1-19-13-14-20(2)27(17-19)34-39(37,38)28-18-23(15-16-25(28)31)29(35)33-26-12-8-7-11-24(26)30(36)32-21(3)22-9-5-4-6-10-22/h4-18,21,34H,1-3H3,(H,32,36)(H,33,35)/t21-/m1/s1. The van der Waals surface area contributed by atoms with Crippen LogP contribution in [0.1, 0.15) is 50.4 Å². The maximum absolute atomic E-state index is 13.2. The van der Waals surface area contributed by atoms with Gasteiger partial charge in [0.15, 0.2) is 0 Å². The van der Waals surface area contributed by atoms with Crippen LogP contribution in [0, 0.1) is 13.8 Å². The first-order valence-corrected chi connectivity index (χ1v) is 14.1. The predicted molar refractivity (Wildman–Crippen MR) is 155 cm³/mol. The molecule has 200 valence electrons. The molecule has 9 heteroatoms. The van der Waals surface area contributed by atoms with E-state index in [0.29, 0.717) is 5.69 Å². The van der Waals surface area contributed by atoms with Gasteiger partial charge in [-0.3, -0.25) is 14.3 Å². The fraction of sp³-hybridized carbons (Fsp3) is 0.133. The minimum atomic E-state index is -4.10. The van der Waals surface area contributed by atoms with Crippen molar-refractivity contribution in [3.8, 4) is 0 Å². The number of anilines is 2. The highest BCUT2D eigenvalue weighted by Gasteiger charge is 2.22. The van der Waals surface area contributed by atoms with Gasteiger partial charge in [-0.25, -0.2) is 8.42 Å². The Hall–Kier alpha value is -4.14. The lowest BCUT2D eigenvalue weighted by Gasteiger charge is -2.17. The molecule has 4 aromatic carbocycles. The van der Waals surface area contributed by atoms with E-state index < -0.39 is 15.9 Å². The van der Waals surface area contributed by atoms with Crippen molar-refractivity contribution in [2.75, 3.05) is 10.0 Å². The molecule has 0 aliphatic carbocycles. The highest BCUT2D eigenvalue weighted by Crippen LogP contribution is 2.27. The van der Waals surface area contributed by atoms with E-state index >= 15 is 0 Å². The van der Waals surface area contributed by atoms with E-state index in [4.69, 9.17) is 11.6 Å². The van der Waals surface area contributed by atoms with Gasteiger partial charge in [-0.2, -0.15) is 0 Å². The van der Waals surface area contributed by atoms with Crippen LogP contribution in [0.4, 0.5) is 11.4 Å². The first-order valence-electron chi connectivity index (χ1n) is 12.2. The summed E-state index contributed by atoms with van der Waals surface area (Å²) in [7, 11) is -4.10. The number of halogens is 1. The lowest BCUT2D eigenvalue weighted by molar-refractivity contribution is 0.0940. The summed E-state index contributed by atoms with van der Waals surface area (Å²) in [5.74, 6) is -0.953. The van der Waals surface area contributed by atoms with Crippen LogP contribution in [0.3, 0.4) is 0 Å². The molecule has 3 N–H and O–H groups in total. The molecule has 4 rings (SSSR count). The molecule has 0 bridgehead atoms. The Morgan fingerprint density at radius 2 is 1.49 bits per heavy atom. The Labute approximate surface area is 233 Å². The highest BCUT2D eigenvalue weighted by molar-refractivity contribution is 7.92. The van der Waals surface area contributed by atoms with Gasteiger partial charge < -0.3 is 10.6 Å². The SMILES string of the molecule is Cc1ccc(C)c(NS(=O)(=O)c2cc(C(=O)Nc3ccccc3C(=O)N[C@H](C)c3ccccc3)ccc2Cl)c1. The second-order valence-electron chi connectivity index (χ2n) is 9.17. The minimum absolute atomic E-state index is 0.0287. The van der Waals surface area contributed by atoms with Crippen molar-refractivity contribution in [1.29, 1.82) is 0 Å². The smallest absolute Gasteiger partial charge is 0.263 e. The third kappa shape index (κ3) is 6.66. The summed E-state index contributed by atoms with van der Waals surface area (Å²) < 4.78 is 29.0. The molecule has 1 atom stereocenters. The van der Waals surface area contributed by atoms with Crippen LogP contribution in [0.5, 0.6) is 0 Å². The molecule has 0 fully saturated rings. The van der Waals surface area contributed by atoms with Crippen molar-refractivity contribution in [1.82, 2.24) is 5.32 Å². The first kappa shape index (κ1) is 27.9. The van der Waals surface area contributed by atoms with Crippen LogP contribution in [0.15, 0.2) is 95.9 Å².